The second-order valence-corrected chi connectivity index (χ2v) is 11.8. The molecule has 5 rings (SSSR count). The Labute approximate surface area is 221 Å². The number of hydrogen-bond donors (Lipinski definition) is 2. The Morgan fingerprint density at radius 1 is 1.22 bits per heavy atom. The summed E-state index contributed by atoms with van der Waals surface area (Å²) in [6.45, 7) is 1.41. The summed E-state index contributed by atoms with van der Waals surface area (Å²) < 4.78 is 27.9. The number of carbonyl (C=O) groups is 1. The molecule has 2 aromatic carbocycles. The van der Waals surface area contributed by atoms with Crippen molar-refractivity contribution in [3.05, 3.63) is 63.7 Å². The van der Waals surface area contributed by atoms with Gasteiger partial charge in [-0.2, -0.15) is 10.4 Å². The predicted octanol–water partition coefficient (Wildman–Crippen LogP) is 2.81. The Balaban J connectivity index is 1.45. The lowest BCUT2D eigenvalue weighted by atomic mass is 9.73. The van der Waals surface area contributed by atoms with Gasteiger partial charge in [-0.3, -0.25) is 9.80 Å². The monoisotopic (exact) mass is 541 g/mol. The standard InChI is InChI=1S/C26H28ClN5O4S/c27-23-14-20(4-1-19(23)15-28)32-25(16-7-10-36-11-8-16)22-6-2-17-13-18(3-5-21(17)24(22)31-32)26(33)30-9-12-37(29,34)35/h1,3-5,13-14,16,22,25H,2,6-12H2,(H,30,33)(H2,29,34,35). The lowest BCUT2D eigenvalue weighted by Gasteiger charge is -2.37. The quantitative estimate of drug-likeness (QED) is 0.576. The molecule has 2 aliphatic heterocycles. The highest BCUT2D eigenvalue weighted by Gasteiger charge is 2.45. The van der Waals surface area contributed by atoms with Gasteiger partial charge in [0.25, 0.3) is 5.91 Å². The molecule has 37 heavy (non-hydrogen) atoms. The summed E-state index contributed by atoms with van der Waals surface area (Å²) in [5, 5.41) is 24.5. The molecule has 0 radical (unpaired) electrons. The van der Waals surface area contributed by atoms with Crippen LogP contribution in [0.4, 0.5) is 5.69 Å². The smallest absolute Gasteiger partial charge is 0.251 e. The van der Waals surface area contributed by atoms with Crippen LogP contribution in [0.2, 0.25) is 5.02 Å². The second-order valence-electron chi connectivity index (χ2n) is 9.69. The maximum atomic E-state index is 12.6. The van der Waals surface area contributed by atoms with Gasteiger partial charge in [-0.05, 0) is 67.5 Å². The Hall–Kier alpha value is -2.97. The Morgan fingerprint density at radius 3 is 2.70 bits per heavy atom. The summed E-state index contributed by atoms with van der Waals surface area (Å²) in [5.74, 6) is -0.0273. The van der Waals surface area contributed by atoms with Crippen molar-refractivity contribution in [2.75, 3.05) is 30.5 Å². The highest BCUT2D eigenvalue weighted by atomic mass is 35.5. The van der Waals surface area contributed by atoms with E-state index >= 15 is 0 Å². The van der Waals surface area contributed by atoms with E-state index < -0.39 is 10.0 Å². The summed E-state index contributed by atoms with van der Waals surface area (Å²) in [5.41, 5.74) is 4.82. The first kappa shape index (κ1) is 25.7. The summed E-state index contributed by atoms with van der Waals surface area (Å²) in [6.07, 6.45) is 3.60. The van der Waals surface area contributed by atoms with Crippen molar-refractivity contribution in [2.24, 2.45) is 22.1 Å². The van der Waals surface area contributed by atoms with E-state index in [2.05, 4.69) is 16.4 Å². The fourth-order valence-electron chi connectivity index (χ4n) is 5.61. The molecule has 2 heterocycles. The number of nitriles is 1. The topological polar surface area (TPSA) is 138 Å². The van der Waals surface area contributed by atoms with E-state index in [0.717, 1.165) is 61.4 Å². The SMILES string of the molecule is N#Cc1ccc(N2N=C3c4ccc(C(=O)NCCS(N)(=O)=O)cc4CCC3C2C2CCOCC2)cc1Cl. The molecule has 2 aromatic rings. The molecule has 194 valence electrons. The lowest BCUT2D eigenvalue weighted by molar-refractivity contribution is 0.0543. The molecule has 1 saturated heterocycles. The minimum Gasteiger partial charge on any atom is -0.381 e. The van der Waals surface area contributed by atoms with Crippen LogP contribution in [0.25, 0.3) is 0 Å². The number of halogens is 1. The van der Waals surface area contributed by atoms with E-state index in [1.54, 1.807) is 12.1 Å². The number of amides is 1. The molecule has 11 heteroatoms. The molecule has 3 N–H and O–H groups in total. The number of fused-ring (bicyclic) bond motifs is 3. The van der Waals surface area contributed by atoms with Crippen molar-refractivity contribution in [3.8, 4) is 6.07 Å². The molecule has 1 fully saturated rings. The molecule has 3 aliphatic rings. The number of hydrazone groups is 1. The van der Waals surface area contributed by atoms with Gasteiger partial charge in [-0.15, -0.1) is 0 Å². The zero-order valence-electron chi connectivity index (χ0n) is 20.2. The van der Waals surface area contributed by atoms with Crippen LogP contribution in [0.15, 0.2) is 41.5 Å². The van der Waals surface area contributed by atoms with Crippen molar-refractivity contribution in [1.82, 2.24) is 5.32 Å². The number of nitrogens with zero attached hydrogens (tertiary/aromatic N) is 3. The van der Waals surface area contributed by atoms with Crippen molar-refractivity contribution >= 4 is 38.9 Å². The van der Waals surface area contributed by atoms with Crippen LogP contribution in [0, 0.1) is 23.2 Å². The van der Waals surface area contributed by atoms with Crippen LogP contribution in [-0.2, 0) is 21.2 Å². The second kappa shape index (κ2) is 10.4. The number of benzene rings is 2. The zero-order valence-corrected chi connectivity index (χ0v) is 21.8. The Kier molecular flexibility index (Phi) is 7.23. The van der Waals surface area contributed by atoms with Gasteiger partial charge < -0.3 is 10.1 Å². The van der Waals surface area contributed by atoms with Crippen molar-refractivity contribution in [1.29, 1.82) is 5.26 Å². The largest absolute Gasteiger partial charge is 0.381 e. The minimum atomic E-state index is -3.64. The van der Waals surface area contributed by atoms with Gasteiger partial charge in [-0.1, -0.05) is 17.7 Å². The molecule has 1 aliphatic carbocycles. The highest BCUT2D eigenvalue weighted by molar-refractivity contribution is 7.89. The minimum absolute atomic E-state index is 0.0432. The number of primary sulfonamides is 1. The molecule has 0 aromatic heterocycles. The molecule has 0 saturated carbocycles. The third-order valence-electron chi connectivity index (χ3n) is 7.39. The number of hydrogen-bond acceptors (Lipinski definition) is 7. The van der Waals surface area contributed by atoms with Gasteiger partial charge in [0.05, 0.1) is 33.8 Å². The van der Waals surface area contributed by atoms with Crippen LogP contribution in [-0.4, -0.2) is 51.6 Å². The van der Waals surface area contributed by atoms with E-state index in [0.29, 0.717) is 22.1 Å². The van der Waals surface area contributed by atoms with Gasteiger partial charge in [0, 0.05) is 36.8 Å². The predicted molar refractivity (Wildman–Crippen MR) is 141 cm³/mol. The number of rotatable bonds is 6. The zero-order chi connectivity index (χ0) is 26.2. The fraction of sp³-hybridized carbons (Fsp3) is 0.423. The molecule has 0 spiro atoms. The summed E-state index contributed by atoms with van der Waals surface area (Å²) in [6, 6.07) is 13.3. The average Bonchev–Trinajstić information content (AvgIpc) is 3.28. The molecule has 0 bridgehead atoms. The van der Waals surface area contributed by atoms with Crippen molar-refractivity contribution in [3.63, 3.8) is 0 Å². The molecular formula is C26H28ClN5O4S. The number of ether oxygens (including phenoxy) is 1. The summed E-state index contributed by atoms with van der Waals surface area (Å²) in [7, 11) is -3.64. The van der Waals surface area contributed by atoms with Crippen molar-refractivity contribution < 1.29 is 17.9 Å². The van der Waals surface area contributed by atoms with Crippen LogP contribution in [0.3, 0.4) is 0 Å². The summed E-state index contributed by atoms with van der Waals surface area (Å²) in [4.78, 5) is 12.6. The van der Waals surface area contributed by atoms with Crippen LogP contribution < -0.4 is 15.5 Å². The third-order valence-corrected chi connectivity index (χ3v) is 8.47. The van der Waals surface area contributed by atoms with E-state index in [1.807, 2.05) is 24.3 Å². The number of anilines is 1. The maximum absolute atomic E-state index is 12.6. The van der Waals surface area contributed by atoms with E-state index in [1.165, 1.54) is 0 Å². The van der Waals surface area contributed by atoms with Gasteiger partial charge in [0.2, 0.25) is 10.0 Å². The summed E-state index contributed by atoms with van der Waals surface area (Å²) >= 11 is 6.39. The van der Waals surface area contributed by atoms with E-state index in [-0.39, 0.29) is 30.2 Å². The molecule has 2 unspecified atom stereocenters. The molecule has 9 nitrogen and oxygen atoms in total. The van der Waals surface area contributed by atoms with E-state index in [4.69, 9.17) is 26.6 Å². The first-order chi connectivity index (χ1) is 17.7. The number of carbonyl (C=O) groups excluding carboxylic acids is 1. The normalized spacial score (nSPS) is 21.5. The molecule has 2 atom stereocenters. The van der Waals surface area contributed by atoms with Crippen LogP contribution >= 0.6 is 11.6 Å². The van der Waals surface area contributed by atoms with Crippen molar-refractivity contribution in [2.45, 2.75) is 31.7 Å². The first-order valence-electron chi connectivity index (χ1n) is 12.3. The van der Waals surface area contributed by atoms with Gasteiger partial charge in [0.1, 0.15) is 6.07 Å². The number of aryl methyl sites for hydroxylation is 1. The van der Waals surface area contributed by atoms with Gasteiger partial charge in [-0.25, -0.2) is 13.6 Å². The third kappa shape index (κ3) is 5.36. The average molecular weight is 542 g/mol. The van der Waals surface area contributed by atoms with Gasteiger partial charge >= 0.3 is 0 Å². The number of nitrogens with two attached hydrogens (primary N) is 1. The Bertz CT molecular complexity index is 1400. The maximum Gasteiger partial charge on any atom is 0.251 e. The highest BCUT2D eigenvalue weighted by Crippen LogP contribution is 2.43. The van der Waals surface area contributed by atoms with Crippen LogP contribution in [0.1, 0.15) is 46.3 Å². The first-order valence-corrected chi connectivity index (χ1v) is 14.4. The van der Waals surface area contributed by atoms with Gasteiger partial charge in [0.15, 0.2) is 0 Å². The molecular weight excluding hydrogens is 514 g/mol. The molecule has 1 amide bonds. The van der Waals surface area contributed by atoms with E-state index in [9.17, 15) is 18.5 Å². The Morgan fingerprint density at radius 2 is 2.00 bits per heavy atom. The fourth-order valence-corrected chi connectivity index (χ4v) is 6.22. The number of nitrogens with one attached hydrogen (secondary N) is 1. The number of sulfonamides is 1. The lowest BCUT2D eigenvalue weighted by Crippen LogP contribution is -2.43. The van der Waals surface area contributed by atoms with Crippen LogP contribution in [0.5, 0.6) is 0 Å².